The van der Waals surface area contributed by atoms with Crippen molar-refractivity contribution in [2.75, 3.05) is 0 Å². The number of fused-ring (bicyclic) bond motifs is 7. The van der Waals surface area contributed by atoms with Gasteiger partial charge in [0, 0.05) is 17.0 Å². The van der Waals surface area contributed by atoms with Crippen molar-refractivity contribution in [3.63, 3.8) is 0 Å². The van der Waals surface area contributed by atoms with E-state index in [0.29, 0.717) is 0 Å². The van der Waals surface area contributed by atoms with Gasteiger partial charge in [-0.15, -0.1) is 0 Å². The Morgan fingerprint density at radius 2 is 0.778 bits per heavy atom. The monoisotopic (exact) mass is 683 g/mol. The molecule has 1 heteroatoms. The van der Waals surface area contributed by atoms with Gasteiger partial charge in [-0.1, -0.05) is 158 Å². The average Bonchev–Trinajstić information content (AvgIpc) is 3.25. The molecule has 1 heterocycles. The Bertz CT molecular complexity index is 3270. The van der Waals surface area contributed by atoms with Crippen LogP contribution >= 0.6 is 0 Å². The van der Waals surface area contributed by atoms with Crippen molar-refractivity contribution >= 4 is 64.8 Å². The van der Waals surface area contributed by atoms with Crippen LogP contribution in [0, 0.1) is 0 Å². The van der Waals surface area contributed by atoms with Gasteiger partial charge in [0.25, 0.3) is 0 Å². The van der Waals surface area contributed by atoms with E-state index in [2.05, 4.69) is 194 Å². The van der Waals surface area contributed by atoms with Gasteiger partial charge in [0.2, 0.25) is 0 Å². The van der Waals surface area contributed by atoms with Crippen molar-refractivity contribution in [2.24, 2.45) is 0 Å². The smallest absolute Gasteiger partial charge is 0.0786 e. The molecule has 0 fully saturated rings. The van der Waals surface area contributed by atoms with Crippen LogP contribution in [0.25, 0.3) is 109 Å². The molecule has 0 amide bonds. The van der Waals surface area contributed by atoms with Crippen molar-refractivity contribution in [3.8, 4) is 44.5 Å². The molecule has 0 unspecified atom stereocenters. The lowest BCUT2D eigenvalue weighted by Gasteiger charge is -2.20. The summed E-state index contributed by atoms with van der Waals surface area (Å²) in [5.74, 6) is 0. The van der Waals surface area contributed by atoms with Gasteiger partial charge in [0.1, 0.15) is 0 Å². The Kier molecular flexibility index (Phi) is 6.93. The van der Waals surface area contributed by atoms with Crippen molar-refractivity contribution in [2.45, 2.75) is 0 Å². The molecule has 0 bridgehead atoms. The molecule has 0 atom stereocenters. The molecule has 1 aromatic heterocycles. The number of hydrogen-bond acceptors (Lipinski definition) is 1. The van der Waals surface area contributed by atoms with E-state index in [1.165, 1.54) is 98.4 Å². The zero-order chi connectivity index (χ0) is 35.6. The summed E-state index contributed by atoms with van der Waals surface area (Å²) >= 11 is 0. The van der Waals surface area contributed by atoms with Gasteiger partial charge in [-0.25, -0.2) is 0 Å². The summed E-state index contributed by atoms with van der Waals surface area (Å²) in [6, 6.07) is 71.3. The van der Waals surface area contributed by atoms with E-state index in [9.17, 15) is 0 Å². The van der Waals surface area contributed by atoms with Crippen LogP contribution in [0.5, 0.6) is 0 Å². The Labute approximate surface area is 313 Å². The number of rotatable bonds is 4. The molecule has 0 spiro atoms. The summed E-state index contributed by atoms with van der Waals surface area (Å²) in [6.45, 7) is 0. The number of hydrogen-bond donors (Lipinski definition) is 0. The molecule has 0 aliphatic carbocycles. The topological polar surface area (TPSA) is 12.9 Å². The van der Waals surface area contributed by atoms with E-state index in [-0.39, 0.29) is 0 Å². The third-order valence-electron chi connectivity index (χ3n) is 11.2. The van der Waals surface area contributed by atoms with Gasteiger partial charge in [-0.3, -0.25) is 4.98 Å². The molecular formula is C53H33N. The minimum atomic E-state index is 1.03. The number of pyridine rings is 1. The quantitative estimate of drug-likeness (QED) is 0.133. The molecule has 11 aromatic rings. The maximum Gasteiger partial charge on any atom is 0.0786 e. The van der Waals surface area contributed by atoms with E-state index >= 15 is 0 Å². The number of aromatic nitrogens is 1. The molecule has 10 aromatic carbocycles. The fourth-order valence-corrected chi connectivity index (χ4v) is 8.67. The van der Waals surface area contributed by atoms with Crippen LogP contribution in [-0.4, -0.2) is 4.98 Å². The first-order valence-corrected chi connectivity index (χ1v) is 18.6. The summed E-state index contributed by atoms with van der Waals surface area (Å²) in [7, 11) is 0. The first-order chi connectivity index (χ1) is 26.8. The summed E-state index contributed by atoms with van der Waals surface area (Å²) < 4.78 is 0. The van der Waals surface area contributed by atoms with Crippen molar-refractivity contribution < 1.29 is 0 Å². The zero-order valence-electron chi connectivity index (χ0n) is 29.5. The highest BCUT2D eigenvalue weighted by Crippen LogP contribution is 2.47. The van der Waals surface area contributed by atoms with Crippen LogP contribution in [0.4, 0.5) is 0 Å². The van der Waals surface area contributed by atoms with Gasteiger partial charge in [-0.2, -0.15) is 0 Å². The van der Waals surface area contributed by atoms with Gasteiger partial charge < -0.3 is 0 Å². The average molecular weight is 684 g/mol. The van der Waals surface area contributed by atoms with E-state index in [1.54, 1.807) is 0 Å². The first-order valence-electron chi connectivity index (χ1n) is 18.6. The SMILES string of the molecule is c1ccc(-c2ccc3c(-c4ccc5ccccc5c4)c4cc(-c5cc6ccccc6c6ncccc56)ccc4c(-c4ccc5ccccc5c4)c3c2)cc1. The Morgan fingerprint density at radius 1 is 0.259 bits per heavy atom. The lowest BCUT2D eigenvalue weighted by molar-refractivity contribution is 1.43. The van der Waals surface area contributed by atoms with E-state index < -0.39 is 0 Å². The number of benzene rings is 10. The normalized spacial score (nSPS) is 11.7. The molecule has 250 valence electrons. The van der Waals surface area contributed by atoms with Crippen molar-refractivity contribution in [3.05, 3.63) is 200 Å². The standard InChI is InChI=1S/C53H33N/c1-2-11-34(12-3-1)39-24-26-45-49(31-39)51(42-22-20-35-13-4-6-15-37(35)29-42)46-27-25-41(33-50(46)52(45)43-23-21-36-14-5-7-16-38(36)30-43)48-32-40-17-8-9-18-44(40)53-47(48)19-10-28-54-53/h1-33H. The molecule has 1 nitrogen and oxygen atoms in total. The second-order valence-corrected chi connectivity index (χ2v) is 14.3. The largest absolute Gasteiger partial charge is 0.256 e. The minimum absolute atomic E-state index is 1.03. The fraction of sp³-hybridized carbons (Fsp3) is 0. The van der Waals surface area contributed by atoms with Crippen LogP contribution in [0.1, 0.15) is 0 Å². The van der Waals surface area contributed by atoms with Gasteiger partial charge in [-0.05, 0) is 129 Å². The minimum Gasteiger partial charge on any atom is -0.256 e. The summed E-state index contributed by atoms with van der Waals surface area (Å²) in [5.41, 5.74) is 10.8. The highest BCUT2D eigenvalue weighted by atomic mass is 14.6. The predicted octanol–water partition coefficient (Wildman–Crippen LogP) is 14.7. The fourth-order valence-electron chi connectivity index (χ4n) is 8.67. The van der Waals surface area contributed by atoms with E-state index in [0.717, 1.165) is 10.9 Å². The Balaban J connectivity index is 1.29. The van der Waals surface area contributed by atoms with Crippen LogP contribution < -0.4 is 0 Å². The van der Waals surface area contributed by atoms with Crippen molar-refractivity contribution in [1.29, 1.82) is 0 Å². The molecule has 0 aliphatic heterocycles. The maximum atomic E-state index is 4.90. The second-order valence-electron chi connectivity index (χ2n) is 14.3. The van der Waals surface area contributed by atoms with Crippen molar-refractivity contribution in [1.82, 2.24) is 4.98 Å². The van der Waals surface area contributed by atoms with Gasteiger partial charge >= 0.3 is 0 Å². The summed E-state index contributed by atoms with van der Waals surface area (Å²) in [6.07, 6.45) is 1.91. The molecule has 0 radical (unpaired) electrons. The van der Waals surface area contributed by atoms with Gasteiger partial charge in [0.15, 0.2) is 0 Å². The molecular weight excluding hydrogens is 651 g/mol. The predicted molar refractivity (Wildman–Crippen MR) is 231 cm³/mol. The lowest BCUT2D eigenvalue weighted by Crippen LogP contribution is -1.93. The van der Waals surface area contributed by atoms with E-state index in [4.69, 9.17) is 4.98 Å². The van der Waals surface area contributed by atoms with Crippen LogP contribution in [0.15, 0.2) is 200 Å². The summed E-state index contributed by atoms with van der Waals surface area (Å²) in [4.78, 5) is 4.90. The second kappa shape index (κ2) is 12.3. The van der Waals surface area contributed by atoms with E-state index in [1.807, 2.05) is 6.20 Å². The molecule has 0 saturated heterocycles. The third kappa shape index (κ3) is 4.90. The maximum absolute atomic E-state index is 4.90. The van der Waals surface area contributed by atoms with Crippen LogP contribution in [0.3, 0.4) is 0 Å². The highest BCUT2D eigenvalue weighted by Gasteiger charge is 2.20. The molecule has 11 rings (SSSR count). The molecule has 54 heavy (non-hydrogen) atoms. The number of nitrogens with zero attached hydrogens (tertiary/aromatic N) is 1. The van der Waals surface area contributed by atoms with Gasteiger partial charge in [0.05, 0.1) is 5.52 Å². The first kappa shape index (κ1) is 30.5. The summed E-state index contributed by atoms with van der Waals surface area (Å²) in [5, 5.41) is 13.4. The zero-order valence-corrected chi connectivity index (χ0v) is 29.5. The third-order valence-corrected chi connectivity index (χ3v) is 11.2. The highest BCUT2D eigenvalue weighted by molar-refractivity contribution is 6.23. The molecule has 0 aliphatic rings. The lowest BCUT2D eigenvalue weighted by atomic mass is 9.83. The van der Waals surface area contributed by atoms with Crippen LogP contribution in [0.2, 0.25) is 0 Å². The molecule has 0 saturated carbocycles. The van der Waals surface area contributed by atoms with Crippen LogP contribution in [-0.2, 0) is 0 Å². The Hall–Kier alpha value is -7.09. The molecule has 0 N–H and O–H groups in total. The Morgan fingerprint density at radius 3 is 1.44 bits per heavy atom.